The monoisotopic (exact) mass is 295 g/mol. The number of amides is 2. The Bertz CT molecular complexity index is 454. The van der Waals surface area contributed by atoms with E-state index in [-0.39, 0.29) is 11.9 Å². The molecule has 1 aromatic heterocycles. The molecule has 2 rings (SSSR count). The van der Waals surface area contributed by atoms with Crippen molar-refractivity contribution in [3.63, 3.8) is 0 Å². The number of nitrogens with one attached hydrogen (secondary N) is 2. The zero-order chi connectivity index (χ0) is 15.1. The molecule has 8 heteroatoms. The molecule has 21 heavy (non-hydrogen) atoms. The van der Waals surface area contributed by atoms with Crippen molar-refractivity contribution in [3.8, 4) is 0 Å². The first-order valence-corrected chi connectivity index (χ1v) is 7.27. The minimum absolute atomic E-state index is 0.0453. The highest BCUT2D eigenvalue weighted by molar-refractivity contribution is 5.76. The van der Waals surface area contributed by atoms with E-state index in [1.54, 1.807) is 6.20 Å². The molecule has 116 valence electrons. The zero-order valence-electron chi connectivity index (χ0n) is 11.9. The second kappa shape index (κ2) is 7.61. The zero-order valence-corrected chi connectivity index (χ0v) is 11.9. The fraction of sp³-hybridized carbons (Fsp3) is 0.692. The van der Waals surface area contributed by atoms with Crippen LogP contribution in [-0.2, 0) is 11.2 Å². The average Bonchev–Trinajstić information content (AvgIpc) is 2.97. The Hall–Kier alpha value is -2.12. The predicted molar refractivity (Wildman–Crippen MR) is 74.7 cm³/mol. The molecular formula is C13H21N5O3. The number of carbonyl (C=O) groups excluding carboxylic acids is 1. The van der Waals surface area contributed by atoms with E-state index in [0.717, 1.165) is 25.0 Å². The van der Waals surface area contributed by atoms with Gasteiger partial charge in [0.15, 0.2) is 0 Å². The molecule has 0 radical (unpaired) electrons. The lowest BCUT2D eigenvalue weighted by Gasteiger charge is -2.30. The molecule has 2 heterocycles. The summed E-state index contributed by atoms with van der Waals surface area (Å²) in [6.07, 6.45) is 5.22. The first-order chi connectivity index (χ1) is 10.1. The van der Waals surface area contributed by atoms with Crippen LogP contribution in [0.1, 0.15) is 37.8 Å². The molecule has 0 bridgehead atoms. The Kier molecular flexibility index (Phi) is 5.53. The van der Waals surface area contributed by atoms with Crippen molar-refractivity contribution in [3.05, 3.63) is 11.9 Å². The van der Waals surface area contributed by atoms with Gasteiger partial charge in [0.1, 0.15) is 0 Å². The van der Waals surface area contributed by atoms with Gasteiger partial charge in [-0.05, 0) is 32.1 Å². The summed E-state index contributed by atoms with van der Waals surface area (Å²) >= 11 is 0. The van der Waals surface area contributed by atoms with Crippen molar-refractivity contribution < 1.29 is 14.7 Å². The maximum Gasteiger partial charge on any atom is 0.407 e. The number of aryl methyl sites for hydroxylation is 1. The second-order valence-electron chi connectivity index (χ2n) is 5.28. The molecule has 8 nitrogen and oxygen atoms in total. The molecule has 1 aliphatic heterocycles. The van der Waals surface area contributed by atoms with E-state index < -0.39 is 6.09 Å². The average molecular weight is 295 g/mol. The van der Waals surface area contributed by atoms with Crippen LogP contribution in [0, 0.1) is 0 Å². The molecule has 0 atom stereocenters. The number of carbonyl (C=O) groups is 2. The van der Waals surface area contributed by atoms with E-state index in [2.05, 4.69) is 20.7 Å². The maximum atomic E-state index is 11.8. The third-order valence-electron chi connectivity index (χ3n) is 3.68. The standard InChI is InChI=1S/C13H21N5O3/c19-12(4-2-1-3-11-9-14-17-16-11)15-10-5-7-18(8-6-10)13(20)21/h9-10H,1-8H2,(H,15,19)(H,20,21)(H,14,16,17). The molecule has 0 saturated carbocycles. The van der Waals surface area contributed by atoms with Crippen LogP contribution in [0.4, 0.5) is 4.79 Å². The lowest BCUT2D eigenvalue weighted by Crippen LogP contribution is -2.46. The topological polar surface area (TPSA) is 111 Å². The summed E-state index contributed by atoms with van der Waals surface area (Å²) in [6.45, 7) is 0.985. The van der Waals surface area contributed by atoms with E-state index in [9.17, 15) is 9.59 Å². The third-order valence-corrected chi connectivity index (χ3v) is 3.68. The smallest absolute Gasteiger partial charge is 0.407 e. The van der Waals surface area contributed by atoms with Crippen LogP contribution in [0.15, 0.2) is 6.20 Å². The summed E-state index contributed by atoms with van der Waals surface area (Å²) in [5, 5.41) is 22.1. The lowest BCUT2D eigenvalue weighted by molar-refractivity contribution is -0.122. The van der Waals surface area contributed by atoms with E-state index >= 15 is 0 Å². The molecule has 1 saturated heterocycles. The first kappa shape index (κ1) is 15.3. The number of hydrogen-bond donors (Lipinski definition) is 3. The van der Waals surface area contributed by atoms with Gasteiger partial charge in [0.25, 0.3) is 0 Å². The molecule has 1 aromatic rings. The third kappa shape index (κ3) is 5.05. The predicted octanol–water partition coefficient (Wildman–Crippen LogP) is 0.776. The minimum Gasteiger partial charge on any atom is -0.465 e. The number of hydrogen-bond acceptors (Lipinski definition) is 4. The molecule has 0 aliphatic carbocycles. The van der Waals surface area contributed by atoms with Crippen LogP contribution in [-0.4, -0.2) is 56.5 Å². The van der Waals surface area contributed by atoms with E-state index in [0.29, 0.717) is 32.4 Å². The van der Waals surface area contributed by atoms with Crippen molar-refractivity contribution in [2.75, 3.05) is 13.1 Å². The molecule has 0 spiro atoms. The van der Waals surface area contributed by atoms with Crippen LogP contribution >= 0.6 is 0 Å². The van der Waals surface area contributed by atoms with E-state index in [1.165, 1.54) is 4.90 Å². The highest BCUT2D eigenvalue weighted by Crippen LogP contribution is 2.11. The van der Waals surface area contributed by atoms with Gasteiger partial charge in [-0.15, -0.1) is 0 Å². The molecule has 3 N–H and O–H groups in total. The largest absolute Gasteiger partial charge is 0.465 e. The number of aromatic nitrogens is 3. The fourth-order valence-electron chi connectivity index (χ4n) is 2.45. The van der Waals surface area contributed by atoms with Gasteiger partial charge < -0.3 is 15.3 Å². The van der Waals surface area contributed by atoms with Crippen LogP contribution in [0.25, 0.3) is 0 Å². The van der Waals surface area contributed by atoms with Crippen LogP contribution in [0.3, 0.4) is 0 Å². The number of H-pyrrole nitrogens is 1. The summed E-state index contributed by atoms with van der Waals surface area (Å²) in [4.78, 5) is 24.0. The number of rotatable bonds is 6. The molecule has 0 aromatic carbocycles. The lowest BCUT2D eigenvalue weighted by atomic mass is 10.0. The summed E-state index contributed by atoms with van der Waals surface area (Å²) in [5.74, 6) is 0.0453. The van der Waals surface area contributed by atoms with Gasteiger partial charge in [-0.1, -0.05) is 0 Å². The normalized spacial score (nSPS) is 15.9. The number of piperidine rings is 1. The maximum absolute atomic E-state index is 11.8. The van der Waals surface area contributed by atoms with Gasteiger partial charge in [-0.25, -0.2) is 4.79 Å². The summed E-state index contributed by atoms with van der Waals surface area (Å²) in [6, 6.07) is 0.101. The van der Waals surface area contributed by atoms with Crippen LogP contribution < -0.4 is 5.32 Å². The summed E-state index contributed by atoms with van der Waals surface area (Å²) in [7, 11) is 0. The minimum atomic E-state index is -0.882. The molecule has 1 fully saturated rings. The quantitative estimate of drug-likeness (QED) is 0.671. The number of aromatic amines is 1. The van der Waals surface area contributed by atoms with Gasteiger partial charge >= 0.3 is 6.09 Å². The number of unbranched alkanes of at least 4 members (excludes halogenated alkanes) is 1. The Morgan fingerprint density at radius 3 is 2.76 bits per heavy atom. The van der Waals surface area contributed by atoms with E-state index in [1.807, 2.05) is 0 Å². The first-order valence-electron chi connectivity index (χ1n) is 7.27. The summed E-state index contributed by atoms with van der Waals surface area (Å²) in [5.41, 5.74) is 0.913. The molecule has 2 amide bonds. The second-order valence-corrected chi connectivity index (χ2v) is 5.28. The Morgan fingerprint density at radius 2 is 2.14 bits per heavy atom. The number of carboxylic acid groups (broad SMARTS) is 1. The van der Waals surface area contributed by atoms with Crippen molar-refractivity contribution in [1.82, 2.24) is 25.6 Å². The van der Waals surface area contributed by atoms with Gasteiger partial charge in [0.2, 0.25) is 5.91 Å². The summed E-state index contributed by atoms with van der Waals surface area (Å²) < 4.78 is 0. The van der Waals surface area contributed by atoms with Gasteiger partial charge in [-0.3, -0.25) is 4.79 Å². The van der Waals surface area contributed by atoms with Gasteiger partial charge in [-0.2, -0.15) is 15.4 Å². The molecule has 1 aliphatic rings. The Labute approximate surface area is 122 Å². The van der Waals surface area contributed by atoms with Crippen molar-refractivity contribution in [2.45, 2.75) is 44.6 Å². The van der Waals surface area contributed by atoms with Crippen LogP contribution in [0.2, 0.25) is 0 Å². The van der Waals surface area contributed by atoms with Crippen molar-refractivity contribution in [1.29, 1.82) is 0 Å². The van der Waals surface area contributed by atoms with E-state index in [4.69, 9.17) is 5.11 Å². The highest BCUT2D eigenvalue weighted by Gasteiger charge is 2.22. The SMILES string of the molecule is O=C(CCCCc1cn[nH]n1)NC1CCN(C(=O)O)CC1. The van der Waals surface area contributed by atoms with Crippen molar-refractivity contribution in [2.24, 2.45) is 0 Å². The number of nitrogens with zero attached hydrogens (tertiary/aromatic N) is 3. The van der Waals surface area contributed by atoms with Crippen molar-refractivity contribution >= 4 is 12.0 Å². The van der Waals surface area contributed by atoms with Crippen LogP contribution in [0.5, 0.6) is 0 Å². The van der Waals surface area contributed by atoms with Gasteiger partial charge in [0, 0.05) is 25.6 Å². The Balaban J connectivity index is 1.56. The molecule has 0 unspecified atom stereocenters. The number of likely N-dealkylation sites (tertiary alicyclic amines) is 1. The highest BCUT2D eigenvalue weighted by atomic mass is 16.4. The molecular weight excluding hydrogens is 274 g/mol. The fourth-order valence-corrected chi connectivity index (χ4v) is 2.45. The Morgan fingerprint density at radius 1 is 1.38 bits per heavy atom. The van der Waals surface area contributed by atoms with Gasteiger partial charge in [0.05, 0.1) is 11.9 Å².